The number of aromatic nitrogens is 2. The number of rotatable bonds is 5. The zero-order valence-electron chi connectivity index (χ0n) is 13.0. The maximum atomic E-state index is 5.57. The predicted octanol–water partition coefficient (Wildman–Crippen LogP) is 4.49. The second-order valence-electron chi connectivity index (χ2n) is 5.35. The quantitative estimate of drug-likeness (QED) is 0.648. The summed E-state index contributed by atoms with van der Waals surface area (Å²) in [6.45, 7) is 8.80. The summed E-state index contributed by atoms with van der Waals surface area (Å²) in [5, 5.41) is 0. The summed E-state index contributed by atoms with van der Waals surface area (Å²) < 4.78 is 7.72. The molecule has 0 aliphatic rings. The Kier molecular flexibility index (Phi) is 3.96. The van der Waals surface area contributed by atoms with E-state index in [4.69, 9.17) is 4.74 Å². The summed E-state index contributed by atoms with van der Waals surface area (Å²) in [7, 11) is 0. The summed E-state index contributed by atoms with van der Waals surface area (Å²) >= 11 is 0. The Morgan fingerprint density at radius 3 is 3.00 bits per heavy atom. The van der Waals surface area contributed by atoms with Crippen molar-refractivity contribution in [1.82, 2.24) is 9.38 Å². The van der Waals surface area contributed by atoms with Crippen molar-refractivity contribution in [1.29, 1.82) is 0 Å². The van der Waals surface area contributed by atoms with Gasteiger partial charge in [0, 0.05) is 41.8 Å². The summed E-state index contributed by atoms with van der Waals surface area (Å²) in [6.07, 6.45) is 7.90. The molecule has 0 N–H and O–H groups in total. The molecule has 3 nitrogen and oxygen atoms in total. The predicted molar refractivity (Wildman–Crippen MR) is 89.8 cm³/mol. The van der Waals surface area contributed by atoms with Crippen LogP contribution in [0.25, 0.3) is 11.3 Å². The molecule has 1 unspecified atom stereocenters. The Labute approximate surface area is 130 Å². The first-order chi connectivity index (χ1) is 10.7. The van der Waals surface area contributed by atoms with E-state index in [1.54, 1.807) is 0 Å². The Hall–Kier alpha value is -2.55. The van der Waals surface area contributed by atoms with Gasteiger partial charge in [0.15, 0.2) is 0 Å². The Morgan fingerprint density at radius 1 is 1.36 bits per heavy atom. The van der Waals surface area contributed by atoms with Crippen LogP contribution in [-0.2, 0) is 4.74 Å². The fourth-order valence-electron chi connectivity index (χ4n) is 2.76. The lowest BCUT2D eigenvalue weighted by Gasteiger charge is -2.16. The average Bonchev–Trinajstić information content (AvgIpc) is 2.98. The van der Waals surface area contributed by atoms with Crippen LogP contribution in [0.3, 0.4) is 0 Å². The van der Waals surface area contributed by atoms with Crippen molar-refractivity contribution in [2.45, 2.75) is 19.8 Å². The van der Waals surface area contributed by atoms with E-state index < -0.39 is 0 Å². The first-order valence-corrected chi connectivity index (χ1v) is 7.53. The molecule has 0 fully saturated rings. The standard InChI is InChI=1S/C19H20N2O/c1-4-22-15(3)19-12-20-9-8-18(19)14(2)16-11-17-7-5-6-10-21(17)13-16/h5-14H,3-4H2,1-2H3. The normalized spacial score (nSPS) is 12.3. The van der Waals surface area contributed by atoms with Gasteiger partial charge >= 0.3 is 0 Å². The SMILES string of the molecule is C=C(OCC)c1cnccc1C(C)c1cc2ccccn2c1. The molecule has 3 aromatic rings. The molecule has 0 aliphatic heterocycles. The summed E-state index contributed by atoms with van der Waals surface area (Å²) in [4.78, 5) is 4.22. The maximum absolute atomic E-state index is 5.57. The van der Waals surface area contributed by atoms with Crippen molar-refractivity contribution in [3.8, 4) is 0 Å². The highest BCUT2D eigenvalue weighted by Gasteiger charge is 2.16. The maximum Gasteiger partial charge on any atom is 0.121 e. The van der Waals surface area contributed by atoms with Crippen LogP contribution < -0.4 is 0 Å². The highest BCUT2D eigenvalue weighted by Crippen LogP contribution is 2.31. The minimum Gasteiger partial charge on any atom is -0.494 e. The number of pyridine rings is 2. The van der Waals surface area contributed by atoms with Crippen molar-refractivity contribution in [3.05, 3.63) is 78.4 Å². The van der Waals surface area contributed by atoms with Gasteiger partial charge in [-0.15, -0.1) is 0 Å². The summed E-state index contributed by atoms with van der Waals surface area (Å²) in [5.74, 6) is 0.927. The minimum atomic E-state index is 0.245. The number of fused-ring (bicyclic) bond motifs is 1. The monoisotopic (exact) mass is 292 g/mol. The molecule has 3 rings (SSSR count). The highest BCUT2D eigenvalue weighted by molar-refractivity contribution is 5.62. The van der Waals surface area contributed by atoms with Gasteiger partial charge in [0.2, 0.25) is 0 Å². The molecule has 112 valence electrons. The zero-order valence-corrected chi connectivity index (χ0v) is 13.0. The molecule has 3 heterocycles. The molecule has 1 atom stereocenters. The van der Waals surface area contributed by atoms with Gasteiger partial charge in [0.05, 0.1) is 6.61 Å². The second kappa shape index (κ2) is 6.06. The zero-order chi connectivity index (χ0) is 15.5. The molecule has 3 aromatic heterocycles. The van der Waals surface area contributed by atoms with Crippen LogP contribution in [0.4, 0.5) is 0 Å². The van der Waals surface area contributed by atoms with Gasteiger partial charge < -0.3 is 9.14 Å². The average molecular weight is 292 g/mol. The lowest BCUT2D eigenvalue weighted by atomic mass is 9.92. The number of hydrogen-bond acceptors (Lipinski definition) is 2. The third kappa shape index (κ3) is 2.62. The topological polar surface area (TPSA) is 26.5 Å². The Bertz CT molecular complexity index is 771. The first kappa shape index (κ1) is 14.4. The van der Waals surface area contributed by atoms with E-state index >= 15 is 0 Å². The van der Waals surface area contributed by atoms with Crippen LogP contribution in [0.2, 0.25) is 0 Å². The van der Waals surface area contributed by atoms with Crippen LogP contribution in [-0.4, -0.2) is 16.0 Å². The van der Waals surface area contributed by atoms with E-state index in [0.29, 0.717) is 12.4 Å². The molecule has 0 saturated heterocycles. The van der Waals surface area contributed by atoms with E-state index in [1.807, 2.05) is 31.5 Å². The van der Waals surface area contributed by atoms with Gasteiger partial charge in [-0.1, -0.05) is 19.6 Å². The van der Waals surface area contributed by atoms with Crippen molar-refractivity contribution in [2.75, 3.05) is 6.61 Å². The lowest BCUT2D eigenvalue weighted by Crippen LogP contribution is -2.02. The van der Waals surface area contributed by atoms with Crippen LogP contribution in [0.5, 0.6) is 0 Å². The molecule has 0 aliphatic carbocycles. The van der Waals surface area contributed by atoms with Gasteiger partial charge in [-0.25, -0.2) is 0 Å². The molecule has 0 aromatic carbocycles. The largest absolute Gasteiger partial charge is 0.494 e. The van der Waals surface area contributed by atoms with Gasteiger partial charge in [0.1, 0.15) is 5.76 Å². The fourth-order valence-corrected chi connectivity index (χ4v) is 2.76. The smallest absolute Gasteiger partial charge is 0.121 e. The van der Waals surface area contributed by atoms with E-state index in [1.165, 1.54) is 16.6 Å². The van der Waals surface area contributed by atoms with Crippen LogP contribution in [0.1, 0.15) is 36.5 Å². The third-order valence-corrected chi connectivity index (χ3v) is 3.97. The molecule has 22 heavy (non-hydrogen) atoms. The number of hydrogen-bond donors (Lipinski definition) is 0. The molecule has 0 amide bonds. The van der Waals surface area contributed by atoms with Crippen molar-refractivity contribution < 1.29 is 4.74 Å². The van der Waals surface area contributed by atoms with Crippen molar-refractivity contribution in [2.24, 2.45) is 0 Å². The van der Waals surface area contributed by atoms with Gasteiger partial charge in [-0.3, -0.25) is 4.98 Å². The molecular formula is C19H20N2O. The minimum absolute atomic E-state index is 0.245. The van der Waals surface area contributed by atoms with Crippen molar-refractivity contribution >= 4 is 11.3 Å². The van der Waals surface area contributed by atoms with Crippen LogP contribution >= 0.6 is 0 Å². The fraction of sp³-hybridized carbons (Fsp3) is 0.211. The lowest BCUT2D eigenvalue weighted by molar-refractivity contribution is 0.298. The second-order valence-corrected chi connectivity index (χ2v) is 5.35. The molecule has 0 bridgehead atoms. The summed E-state index contributed by atoms with van der Waals surface area (Å²) in [5.41, 5.74) is 4.63. The highest BCUT2D eigenvalue weighted by atomic mass is 16.5. The number of nitrogens with zero attached hydrogens (tertiary/aromatic N) is 2. The van der Waals surface area contributed by atoms with E-state index in [-0.39, 0.29) is 5.92 Å². The molecular weight excluding hydrogens is 272 g/mol. The van der Waals surface area contributed by atoms with E-state index in [0.717, 1.165) is 5.56 Å². The van der Waals surface area contributed by atoms with Gasteiger partial charge in [-0.2, -0.15) is 0 Å². The van der Waals surface area contributed by atoms with Crippen molar-refractivity contribution in [3.63, 3.8) is 0 Å². The molecule has 0 radical (unpaired) electrons. The molecule has 0 spiro atoms. The molecule has 0 saturated carbocycles. The number of ether oxygens (including phenoxy) is 1. The third-order valence-electron chi connectivity index (χ3n) is 3.97. The first-order valence-electron chi connectivity index (χ1n) is 7.53. The molecule has 3 heteroatoms. The van der Waals surface area contributed by atoms with E-state index in [2.05, 4.69) is 53.5 Å². The summed E-state index contributed by atoms with van der Waals surface area (Å²) in [6, 6.07) is 10.5. The Balaban J connectivity index is 2.01. The van der Waals surface area contributed by atoms with Crippen LogP contribution in [0, 0.1) is 0 Å². The van der Waals surface area contributed by atoms with Crippen LogP contribution in [0.15, 0.2) is 61.7 Å². The van der Waals surface area contributed by atoms with Gasteiger partial charge in [-0.05, 0) is 42.3 Å². The van der Waals surface area contributed by atoms with E-state index in [9.17, 15) is 0 Å². The Morgan fingerprint density at radius 2 is 2.23 bits per heavy atom. The van der Waals surface area contributed by atoms with Gasteiger partial charge in [0.25, 0.3) is 0 Å².